The highest BCUT2D eigenvalue weighted by atomic mass is 35.5. The van der Waals surface area contributed by atoms with E-state index in [4.69, 9.17) is 34.8 Å². The maximum absolute atomic E-state index is 10.7. The van der Waals surface area contributed by atoms with Gasteiger partial charge in [0, 0.05) is 5.02 Å². The second-order valence-corrected chi connectivity index (χ2v) is 4.37. The molecule has 1 unspecified atom stereocenters. The molecule has 0 saturated heterocycles. The zero-order chi connectivity index (χ0) is 10.7. The Labute approximate surface area is 98.0 Å². The molecule has 0 spiro atoms. The first kappa shape index (κ1) is 11.8. The lowest BCUT2D eigenvalue weighted by atomic mass is 10.1. The normalized spacial score (nSPS) is 12.6. The van der Waals surface area contributed by atoms with Crippen LogP contribution in [0, 0.1) is 6.92 Å². The van der Waals surface area contributed by atoms with Crippen molar-refractivity contribution in [3.05, 3.63) is 34.3 Å². The zero-order valence-corrected chi connectivity index (χ0v) is 9.83. The summed E-state index contributed by atoms with van der Waals surface area (Å²) in [5.74, 6) is 0. The fraction of sp³-hybridized carbons (Fsp3) is 0.300. The molecule has 0 aromatic heterocycles. The van der Waals surface area contributed by atoms with E-state index in [9.17, 15) is 4.79 Å². The molecule has 1 aromatic carbocycles. The summed E-state index contributed by atoms with van der Waals surface area (Å²) < 4.78 is 0. The topological polar surface area (TPSA) is 17.1 Å². The summed E-state index contributed by atoms with van der Waals surface area (Å²) in [5.41, 5.74) is 1.91. The fourth-order valence-corrected chi connectivity index (χ4v) is 1.51. The highest BCUT2D eigenvalue weighted by molar-refractivity contribution is 6.69. The molecule has 1 aromatic rings. The third-order valence-electron chi connectivity index (χ3n) is 1.90. The minimum absolute atomic E-state index is 0.407. The van der Waals surface area contributed by atoms with Gasteiger partial charge in [0.05, 0.1) is 0 Å². The van der Waals surface area contributed by atoms with Gasteiger partial charge in [-0.15, -0.1) is 11.6 Å². The van der Waals surface area contributed by atoms with E-state index in [1.54, 1.807) is 6.07 Å². The van der Waals surface area contributed by atoms with Gasteiger partial charge in [-0.3, -0.25) is 4.79 Å². The number of rotatable bonds is 3. The molecule has 14 heavy (non-hydrogen) atoms. The van der Waals surface area contributed by atoms with Crippen molar-refractivity contribution in [1.29, 1.82) is 0 Å². The van der Waals surface area contributed by atoms with Gasteiger partial charge in [-0.2, -0.15) is 0 Å². The molecule has 0 N–H and O–H groups in total. The number of carbonyl (C=O) groups excluding carboxylic acids is 1. The lowest BCUT2D eigenvalue weighted by molar-refractivity contribution is -0.111. The van der Waals surface area contributed by atoms with Crippen molar-refractivity contribution < 1.29 is 4.79 Å². The van der Waals surface area contributed by atoms with Gasteiger partial charge in [0.2, 0.25) is 5.24 Å². The number of benzene rings is 1. The third-order valence-corrected chi connectivity index (χ3v) is 3.03. The van der Waals surface area contributed by atoms with E-state index >= 15 is 0 Å². The molecule has 0 radical (unpaired) electrons. The Kier molecular flexibility index (Phi) is 4.24. The summed E-state index contributed by atoms with van der Waals surface area (Å²) in [5, 5.41) is -0.549. The largest absolute Gasteiger partial charge is 0.280 e. The van der Waals surface area contributed by atoms with E-state index in [1.807, 2.05) is 19.1 Å². The molecular formula is C10H9Cl3O. The molecule has 0 saturated carbocycles. The molecule has 0 aliphatic carbocycles. The highest BCUT2D eigenvalue weighted by Crippen LogP contribution is 2.19. The van der Waals surface area contributed by atoms with Gasteiger partial charge in [0.1, 0.15) is 5.38 Å². The Balaban J connectivity index is 2.78. The number of halogens is 3. The highest BCUT2D eigenvalue weighted by Gasteiger charge is 2.13. The fourth-order valence-electron chi connectivity index (χ4n) is 1.05. The van der Waals surface area contributed by atoms with Crippen molar-refractivity contribution in [2.24, 2.45) is 0 Å². The van der Waals surface area contributed by atoms with Crippen LogP contribution in [0.2, 0.25) is 5.02 Å². The van der Waals surface area contributed by atoms with Crippen LogP contribution in [0.4, 0.5) is 0 Å². The van der Waals surface area contributed by atoms with E-state index in [1.165, 1.54) is 0 Å². The van der Waals surface area contributed by atoms with Gasteiger partial charge in [0.25, 0.3) is 0 Å². The summed E-state index contributed by atoms with van der Waals surface area (Å²) >= 11 is 16.9. The SMILES string of the molecule is Cc1ccc(CC(Cl)C(=O)Cl)cc1Cl. The minimum atomic E-state index is -0.685. The zero-order valence-electron chi connectivity index (χ0n) is 7.56. The maximum atomic E-state index is 10.7. The number of aryl methyl sites for hydroxylation is 1. The summed E-state index contributed by atoms with van der Waals surface area (Å²) in [7, 11) is 0. The molecule has 1 nitrogen and oxygen atoms in total. The van der Waals surface area contributed by atoms with Crippen LogP contribution < -0.4 is 0 Å². The molecule has 0 fully saturated rings. The second kappa shape index (κ2) is 5.01. The first-order valence-electron chi connectivity index (χ1n) is 4.09. The van der Waals surface area contributed by atoms with E-state index in [0.717, 1.165) is 11.1 Å². The molecule has 0 heterocycles. The molecule has 0 aliphatic rings. The molecule has 0 amide bonds. The number of hydrogen-bond donors (Lipinski definition) is 0. The van der Waals surface area contributed by atoms with Crippen LogP contribution in [0.15, 0.2) is 18.2 Å². The van der Waals surface area contributed by atoms with Crippen molar-refractivity contribution in [3.63, 3.8) is 0 Å². The molecule has 76 valence electrons. The summed E-state index contributed by atoms with van der Waals surface area (Å²) in [6, 6.07) is 5.57. The smallest absolute Gasteiger partial charge is 0.239 e. The molecule has 0 aliphatic heterocycles. The molecule has 4 heteroatoms. The van der Waals surface area contributed by atoms with E-state index < -0.39 is 10.6 Å². The van der Waals surface area contributed by atoms with Crippen LogP contribution >= 0.6 is 34.8 Å². The van der Waals surface area contributed by atoms with Crippen LogP contribution in [0.5, 0.6) is 0 Å². The molecule has 1 atom stereocenters. The predicted molar refractivity (Wildman–Crippen MR) is 60.4 cm³/mol. The van der Waals surface area contributed by atoms with Crippen molar-refractivity contribution in [3.8, 4) is 0 Å². The third kappa shape index (κ3) is 3.16. The first-order chi connectivity index (χ1) is 6.50. The number of alkyl halides is 1. The van der Waals surface area contributed by atoms with Crippen molar-refractivity contribution in [2.75, 3.05) is 0 Å². The van der Waals surface area contributed by atoms with Gasteiger partial charge in [-0.05, 0) is 42.1 Å². The predicted octanol–water partition coefficient (Wildman–Crippen LogP) is 3.56. The van der Waals surface area contributed by atoms with Crippen LogP contribution in [0.3, 0.4) is 0 Å². The average molecular weight is 252 g/mol. The number of hydrogen-bond acceptors (Lipinski definition) is 1. The monoisotopic (exact) mass is 250 g/mol. The van der Waals surface area contributed by atoms with Crippen molar-refractivity contribution in [2.45, 2.75) is 18.7 Å². The Morgan fingerprint density at radius 3 is 2.64 bits per heavy atom. The average Bonchev–Trinajstić information content (AvgIpc) is 2.11. The lowest BCUT2D eigenvalue weighted by Crippen LogP contribution is -2.11. The Morgan fingerprint density at radius 1 is 1.50 bits per heavy atom. The van der Waals surface area contributed by atoms with Gasteiger partial charge >= 0.3 is 0 Å². The lowest BCUT2D eigenvalue weighted by Gasteiger charge is -2.05. The summed E-state index contributed by atoms with van der Waals surface area (Å²) in [6.07, 6.45) is 0.407. The Bertz CT molecular complexity index is 349. The quantitative estimate of drug-likeness (QED) is 0.593. The van der Waals surface area contributed by atoms with Crippen LogP contribution in [-0.4, -0.2) is 10.6 Å². The van der Waals surface area contributed by atoms with Gasteiger partial charge in [0.15, 0.2) is 0 Å². The van der Waals surface area contributed by atoms with Crippen molar-refractivity contribution >= 4 is 40.0 Å². The minimum Gasteiger partial charge on any atom is -0.280 e. The van der Waals surface area contributed by atoms with Gasteiger partial charge in [-0.25, -0.2) is 0 Å². The van der Waals surface area contributed by atoms with Gasteiger partial charge in [-0.1, -0.05) is 23.7 Å². The van der Waals surface area contributed by atoms with Crippen LogP contribution in [0.1, 0.15) is 11.1 Å². The van der Waals surface area contributed by atoms with Crippen LogP contribution in [-0.2, 0) is 11.2 Å². The summed E-state index contributed by atoms with van der Waals surface area (Å²) in [6.45, 7) is 1.91. The molecule has 0 bridgehead atoms. The van der Waals surface area contributed by atoms with E-state index in [-0.39, 0.29) is 0 Å². The molecular weight excluding hydrogens is 242 g/mol. The molecule has 1 rings (SSSR count). The van der Waals surface area contributed by atoms with E-state index in [0.29, 0.717) is 11.4 Å². The first-order valence-corrected chi connectivity index (χ1v) is 5.28. The van der Waals surface area contributed by atoms with Crippen LogP contribution in [0.25, 0.3) is 0 Å². The second-order valence-electron chi connectivity index (χ2n) is 3.06. The Hall–Kier alpha value is -0.240. The summed E-state index contributed by atoms with van der Waals surface area (Å²) in [4.78, 5) is 10.7. The maximum Gasteiger partial charge on any atom is 0.239 e. The Morgan fingerprint density at radius 2 is 2.14 bits per heavy atom. The van der Waals surface area contributed by atoms with Crippen molar-refractivity contribution in [1.82, 2.24) is 0 Å². The van der Waals surface area contributed by atoms with Gasteiger partial charge < -0.3 is 0 Å². The number of carbonyl (C=O) groups is 1. The standard InChI is InChI=1S/C10H9Cl3O/c1-6-2-3-7(4-8(6)11)5-9(12)10(13)14/h2-4,9H,5H2,1H3. The van der Waals surface area contributed by atoms with E-state index in [2.05, 4.69) is 0 Å².